The summed E-state index contributed by atoms with van der Waals surface area (Å²) in [5.41, 5.74) is 1.09. The van der Waals surface area contributed by atoms with Crippen LogP contribution in [0.2, 0.25) is 0 Å². The van der Waals surface area contributed by atoms with Gasteiger partial charge in [-0.3, -0.25) is 9.69 Å². The van der Waals surface area contributed by atoms with E-state index in [4.69, 9.17) is 4.74 Å². The van der Waals surface area contributed by atoms with Crippen molar-refractivity contribution >= 4 is 5.78 Å². The number of benzene rings is 1. The van der Waals surface area contributed by atoms with Crippen molar-refractivity contribution in [3.05, 3.63) is 35.9 Å². The first-order valence-electron chi connectivity index (χ1n) is 7.49. The summed E-state index contributed by atoms with van der Waals surface area (Å²) in [5.74, 6) is 0.277. The van der Waals surface area contributed by atoms with Crippen molar-refractivity contribution < 1.29 is 9.53 Å². The predicted octanol–water partition coefficient (Wildman–Crippen LogP) is 2.94. The highest BCUT2D eigenvalue weighted by Crippen LogP contribution is 2.09. The van der Waals surface area contributed by atoms with Gasteiger partial charge in [-0.2, -0.15) is 0 Å². The lowest BCUT2D eigenvalue weighted by atomic mass is 10.1. The van der Waals surface area contributed by atoms with Crippen LogP contribution in [0, 0.1) is 0 Å². The van der Waals surface area contributed by atoms with E-state index in [0.717, 1.165) is 24.9 Å². The molecule has 0 bridgehead atoms. The summed E-state index contributed by atoms with van der Waals surface area (Å²) in [7, 11) is 1.71. The zero-order chi connectivity index (χ0) is 14.8. The minimum atomic E-state index is 0.277. The van der Waals surface area contributed by atoms with Crippen LogP contribution in [0.1, 0.15) is 32.3 Å². The molecule has 0 aliphatic heterocycles. The fourth-order valence-electron chi connectivity index (χ4n) is 2.51. The van der Waals surface area contributed by atoms with Gasteiger partial charge in [-0.25, -0.2) is 0 Å². The van der Waals surface area contributed by atoms with Gasteiger partial charge in [-0.15, -0.1) is 0 Å². The predicted molar refractivity (Wildman–Crippen MR) is 83.0 cm³/mol. The molecule has 112 valence electrons. The summed E-state index contributed by atoms with van der Waals surface area (Å²) in [6, 6.07) is 10.4. The first-order chi connectivity index (χ1) is 9.71. The van der Waals surface area contributed by atoms with E-state index in [0.29, 0.717) is 25.6 Å². The van der Waals surface area contributed by atoms with E-state index in [1.807, 2.05) is 30.3 Å². The Hall–Kier alpha value is -1.19. The van der Waals surface area contributed by atoms with Crippen LogP contribution < -0.4 is 0 Å². The van der Waals surface area contributed by atoms with Crippen molar-refractivity contribution in [2.24, 2.45) is 0 Å². The van der Waals surface area contributed by atoms with Crippen molar-refractivity contribution in [1.82, 2.24) is 4.90 Å². The monoisotopic (exact) mass is 277 g/mol. The van der Waals surface area contributed by atoms with Crippen molar-refractivity contribution in [3.63, 3.8) is 0 Å². The van der Waals surface area contributed by atoms with Crippen LogP contribution in [0.5, 0.6) is 0 Å². The van der Waals surface area contributed by atoms with Crippen LogP contribution in [-0.2, 0) is 16.0 Å². The molecule has 0 amide bonds. The molecule has 0 aromatic heterocycles. The average molecular weight is 277 g/mol. The lowest BCUT2D eigenvalue weighted by molar-refractivity contribution is -0.120. The van der Waals surface area contributed by atoms with Crippen molar-refractivity contribution in [1.29, 1.82) is 0 Å². The largest absolute Gasteiger partial charge is 0.383 e. The summed E-state index contributed by atoms with van der Waals surface area (Å²) < 4.78 is 5.16. The molecule has 0 aliphatic rings. The first kappa shape index (κ1) is 16.9. The van der Waals surface area contributed by atoms with Gasteiger partial charge in [-0.05, 0) is 18.4 Å². The number of ether oxygens (including phenoxy) is 1. The standard InChI is InChI=1S/C17H27NO2/c1-4-16(5-2)18(11-12-20-3)14-17(19)13-15-9-7-6-8-10-15/h6-10,16H,4-5,11-14H2,1-3H3. The van der Waals surface area contributed by atoms with Crippen molar-refractivity contribution in [2.45, 2.75) is 39.2 Å². The van der Waals surface area contributed by atoms with Gasteiger partial charge >= 0.3 is 0 Å². The molecule has 20 heavy (non-hydrogen) atoms. The molecule has 0 atom stereocenters. The minimum Gasteiger partial charge on any atom is -0.383 e. The molecule has 1 aromatic rings. The van der Waals surface area contributed by atoms with Crippen LogP contribution >= 0.6 is 0 Å². The fourth-order valence-corrected chi connectivity index (χ4v) is 2.51. The molecule has 0 spiro atoms. The molecule has 0 radical (unpaired) electrons. The Morgan fingerprint density at radius 2 is 1.85 bits per heavy atom. The number of rotatable bonds is 10. The van der Waals surface area contributed by atoms with E-state index in [2.05, 4.69) is 18.7 Å². The lowest BCUT2D eigenvalue weighted by Crippen LogP contribution is -2.41. The van der Waals surface area contributed by atoms with E-state index in [1.54, 1.807) is 7.11 Å². The van der Waals surface area contributed by atoms with E-state index in [-0.39, 0.29) is 5.78 Å². The molecule has 1 aromatic carbocycles. The van der Waals surface area contributed by atoms with Crippen LogP contribution in [0.4, 0.5) is 0 Å². The highest BCUT2D eigenvalue weighted by Gasteiger charge is 2.18. The molecule has 0 fully saturated rings. The number of carbonyl (C=O) groups excluding carboxylic acids is 1. The number of methoxy groups -OCH3 is 1. The van der Waals surface area contributed by atoms with Crippen LogP contribution in [0.15, 0.2) is 30.3 Å². The summed E-state index contributed by atoms with van der Waals surface area (Å²) in [6.07, 6.45) is 2.65. The Morgan fingerprint density at radius 1 is 1.20 bits per heavy atom. The second kappa shape index (κ2) is 9.67. The molecule has 0 heterocycles. The molecule has 3 nitrogen and oxygen atoms in total. The molecule has 0 saturated heterocycles. The van der Waals surface area contributed by atoms with Crippen LogP contribution in [0.25, 0.3) is 0 Å². The number of hydrogen-bond donors (Lipinski definition) is 0. The molecular weight excluding hydrogens is 250 g/mol. The van der Waals surface area contributed by atoms with Gasteiger partial charge in [0.25, 0.3) is 0 Å². The van der Waals surface area contributed by atoms with Gasteiger partial charge in [0.05, 0.1) is 13.2 Å². The van der Waals surface area contributed by atoms with Gasteiger partial charge in [-0.1, -0.05) is 44.2 Å². The Morgan fingerprint density at radius 3 is 2.40 bits per heavy atom. The first-order valence-corrected chi connectivity index (χ1v) is 7.49. The summed E-state index contributed by atoms with van der Waals surface area (Å²) in [6.45, 7) is 6.37. The van der Waals surface area contributed by atoms with Gasteiger partial charge < -0.3 is 4.74 Å². The smallest absolute Gasteiger partial charge is 0.151 e. The molecule has 0 saturated carbocycles. The van der Waals surface area contributed by atoms with E-state index in [1.165, 1.54) is 0 Å². The third-order valence-electron chi connectivity index (χ3n) is 3.67. The number of hydrogen-bond acceptors (Lipinski definition) is 3. The topological polar surface area (TPSA) is 29.5 Å². The Kier molecular flexibility index (Phi) is 8.16. The summed E-state index contributed by atoms with van der Waals surface area (Å²) in [4.78, 5) is 14.5. The Balaban J connectivity index is 2.56. The maximum absolute atomic E-state index is 12.2. The van der Waals surface area contributed by atoms with Crippen molar-refractivity contribution in [3.8, 4) is 0 Å². The number of ketones is 1. The average Bonchev–Trinajstić information content (AvgIpc) is 2.46. The quantitative estimate of drug-likeness (QED) is 0.658. The van der Waals surface area contributed by atoms with Crippen molar-refractivity contribution in [2.75, 3.05) is 26.8 Å². The zero-order valence-corrected chi connectivity index (χ0v) is 13.0. The molecular formula is C17H27NO2. The maximum atomic E-state index is 12.2. The lowest BCUT2D eigenvalue weighted by Gasteiger charge is -2.29. The summed E-state index contributed by atoms with van der Waals surface area (Å²) >= 11 is 0. The van der Waals surface area contributed by atoms with Gasteiger partial charge in [0.15, 0.2) is 5.78 Å². The second-order valence-corrected chi connectivity index (χ2v) is 5.13. The highest BCUT2D eigenvalue weighted by molar-refractivity contribution is 5.82. The molecule has 3 heteroatoms. The van der Waals surface area contributed by atoms with E-state index in [9.17, 15) is 4.79 Å². The normalized spacial score (nSPS) is 11.2. The van der Waals surface area contributed by atoms with Gasteiger partial charge in [0.2, 0.25) is 0 Å². The molecule has 0 N–H and O–H groups in total. The highest BCUT2D eigenvalue weighted by atomic mass is 16.5. The minimum absolute atomic E-state index is 0.277. The third kappa shape index (κ3) is 5.85. The van der Waals surface area contributed by atoms with E-state index >= 15 is 0 Å². The summed E-state index contributed by atoms with van der Waals surface area (Å²) in [5, 5.41) is 0. The number of carbonyl (C=O) groups is 1. The molecule has 0 aliphatic carbocycles. The van der Waals surface area contributed by atoms with Gasteiger partial charge in [0, 0.05) is 26.1 Å². The number of nitrogens with zero attached hydrogens (tertiary/aromatic N) is 1. The van der Waals surface area contributed by atoms with Gasteiger partial charge in [0.1, 0.15) is 0 Å². The fraction of sp³-hybridized carbons (Fsp3) is 0.588. The molecule has 1 rings (SSSR count). The Bertz CT molecular complexity index is 374. The van der Waals surface area contributed by atoms with E-state index < -0.39 is 0 Å². The number of Topliss-reactive ketones (excluding diaryl/α,β-unsaturated/α-hetero) is 1. The molecule has 0 unspecified atom stereocenters. The zero-order valence-electron chi connectivity index (χ0n) is 13.0. The SMILES string of the molecule is CCC(CC)N(CCOC)CC(=O)Cc1ccccc1. The van der Waals surface area contributed by atoms with Crippen LogP contribution in [-0.4, -0.2) is 43.5 Å². The second-order valence-electron chi connectivity index (χ2n) is 5.13. The van der Waals surface area contributed by atoms with Crippen LogP contribution in [0.3, 0.4) is 0 Å². The third-order valence-corrected chi connectivity index (χ3v) is 3.67. The maximum Gasteiger partial charge on any atom is 0.151 e. The Labute approximate surface area is 122 Å².